The number of carbonyl (C=O) groups excluding carboxylic acids is 1. The van der Waals surface area contributed by atoms with Gasteiger partial charge in [-0.3, -0.25) is 0 Å². The van der Waals surface area contributed by atoms with Crippen LogP contribution < -0.4 is 0 Å². The van der Waals surface area contributed by atoms with E-state index in [9.17, 15) is 13.6 Å². The minimum atomic E-state index is -1.12. The Morgan fingerprint density at radius 3 is 2.82 bits per heavy atom. The van der Waals surface area contributed by atoms with Gasteiger partial charge in [-0.15, -0.1) is 10.2 Å². The molecule has 1 aromatic carbocycles. The molecule has 0 unspecified atom stereocenters. The number of methoxy groups -OCH3 is 1. The van der Waals surface area contributed by atoms with E-state index in [-0.39, 0.29) is 11.5 Å². The third-order valence-electron chi connectivity index (χ3n) is 1.97. The van der Waals surface area contributed by atoms with E-state index in [1.165, 1.54) is 12.1 Å². The molecule has 1 aromatic heterocycles. The summed E-state index contributed by atoms with van der Waals surface area (Å²) in [5, 5.41) is 6.79. The molecule has 0 aliphatic carbocycles. The van der Waals surface area contributed by atoms with Crippen molar-refractivity contribution in [3.05, 3.63) is 35.7 Å². The summed E-state index contributed by atoms with van der Waals surface area (Å²) < 4.78 is 35.5. The lowest BCUT2D eigenvalue weighted by atomic mass is 10.2. The van der Waals surface area contributed by atoms with Crippen molar-refractivity contribution in [1.29, 1.82) is 0 Å². The highest BCUT2D eigenvalue weighted by Gasteiger charge is 2.19. The maximum absolute atomic E-state index is 13.4. The molecule has 0 spiro atoms. The molecular formula is C10H6F2N2O3. The fraction of sp³-hybridized carbons (Fsp3) is 0.100. The largest absolute Gasteiger partial charge is 0.462 e. The lowest BCUT2D eigenvalue weighted by Gasteiger charge is -1.97. The highest BCUT2D eigenvalue weighted by atomic mass is 19.2. The van der Waals surface area contributed by atoms with Gasteiger partial charge in [0.05, 0.1) is 12.7 Å². The number of hydrogen-bond acceptors (Lipinski definition) is 5. The van der Waals surface area contributed by atoms with Crippen LogP contribution in [0.1, 0.15) is 10.7 Å². The Hall–Kier alpha value is -2.31. The molecule has 0 N–H and O–H groups in total. The second kappa shape index (κ2) is 4.28. The summed E-state index contributed by atoms with van der Waals surface area (Å²) in [7, 11) is 1.13. The van der Waals surface area contributed by atoms with Crippen LogP contribution in [-0.4, -0.2) is 23.3 Å². The van der Waals surface area contributed by atoms with Gasteiger partial charge in [0.1, 0.15) is 0 Å². The summed E-state index contributed by atoms with van der Waals surface area (Å²) >= 11 is 0. The average molecular weight is 240 g/mol. The first-order valence-electron chi connectivity index (χ1n) is 4.49. The molecule has 0 amide bonds. The zero-order chi connectivity index (χ0) is 12.4. The molecule has 88 valence electrons. The number of hydrogen-bond donors (Lipinski definition) is 0. The molecule has 7 heteroatoms. The quantitative estimate of drug-likeness (QED) is 0.749. The number of halogens is 2. The fourth-order valence-electron chi connectivity index (χ4n) is 1.17. The molecule has 0 saturated heterocycles. The summed E-state index contributed by atoms with van der Waals surface area (Å²) in [6.07, 6.45) is 0. The summed E-state index contributed by atoms with van der Waals surface area (Å²) in [4.78, 5) is 11.0. The van der Waals surface area contributed by atoms with E-state index in [1.54, 1.807) is 0 Å². The van der Waals surface area contributed by atoms with E-state index >= 15 is 0 Å². The van der Waals surface area contributed by atoms with E-state index in [2.05, 4.69) is 14.9 Å². The zero-order valence-electron chi connectivity index (χ0n) is 8.61. The van der Waals surface area contributed by atoms with E-state index in [0.717, 1.165) is 13.2 Å². The molecule has 2 aromatic rings. The summed E-state index contributed by atoms with van der Waals surface area (Å²) in [6.45, 7) is 0. The van der Waals surface area contributed by atoms with Crippen LogP contribution in [0.2, 0.25) is 0 Å². The molecule has 0 aliphatic rings. The van der Waals surface area contributed by atoms with Crippen molar-refractivity contribution in [1.82, 2.24) is 10.2 Å². The van der Waals surface area contributed by atoms with Gasteiger partial charge in [-0.1, -0.05) is 6.07 Å². The normalized spacial score (nSPS) is 10.3. The molecule has 2 rings (SSSR count). The van der Waals surface area contributed by atoms with Crippen molar-refractivity contribution < 1.29 is 22.7 Å². The third-order valence-corrected chi connectivity index (χ3v) is 1.97. The molecule has 1 heterocycles. The highest BCUT2D eigenvalue weighted by molar-refractivity contribution is 5.84. The number of rotatable bonds is 2. The topological polar surface area (TPSA) is 65.2 Å². The minimum Gasteiger partial charge on any atom is -0.462 e. The third kappa shape index (κ3) is 1.99. The van der Waals surface area contributed by atoms with Gasteiger partial charge in [-0.25, -0.2) is 13.6 Å². The Labute approximate surface area is 94.0 Å². The molecular weight excluding hydrogens is 234 g/mol. The Kier molecular flexibility index (Phi) is 2.82. The first kappa shape index (κ1) is 11.2. The van der Waals surface area contributed by atoms with Gasteiger partial charge in [0.25, 0.3) is 5.89 Å². The molecule has 0 aliphatic heterocycles. The smallest absolute Gasteiger partial charge is 0.396 e. The van der Waals surface area contributed by atoms with E-state index in [4.69, 9.17) is 4.42 Å². The van der Waals surface area contributed by atoms with Crippen molar-refractivity contribution in [3.63, 3.8) is 0 Å². The number of benzene rings is 1. The highest BCUT2D eigenvalue weighted by Crippen LogP contribution is 2.23. The van der Waals surface area contributed by atoms with Crippen molar-refractivity contribution in [3.8, 4) is 11.5 Å². The van der Waals surface area contributed by atoms with Gasteiger partial charge >= 0.3 is 11.9 Å². The van der Waals surface area contributed by atoms with Gasteiger partial charge in [0.2, 0.25) is 0 Å². The van der Waals surface area contributed by atoms with Crippen LogP contribution in [-0.2, 0) is 4.74 Å². The van der Waals surface area contributed by atoms with Crippen LogP contribution >= 0.6 is 0 Å². The van der Waals surface area contributed by atoms with Gasteiger partial charge in [-0.05, 0) is 12.1 Å². The monoisotopic (exact) mass is 240 g/mol. The van der Waals surface area contributed by atoms with Crippen LogP contribution in [0.5, 0.6) is 0 Å². The molecule has 0 saturated carbocycles. The molecule has 0 fully saturated rings. The maximum atomic E-state index is 13.4. The van der Waals surface area contributed by atoms with Crippen molar-refractivity contribution in [2.45, 2.75) is 0 Å². The number of esters is 1. The van der Waals surface area contributed by atoms with Crippen LogP contribution in [0.15, 0.2) is 22.6 Å². The maximum Gasteiger partial charge on any atom is 0.396 e. The lowest BCUT2D eigenvalue weighted by molar-refractivity contribution is 0.0556. The fourth-order valence-corrected chi connectivity index (χ4v) is 1.17. The van der Waals surface area contributed by atoms with Gasteiger partial charge in [0, 0.05) is 0 Å². The summed E-state index contributed by atoms with van der Waals surface area (Å²) in [5.41, 5.74) is -0.215. The van der Waals surface area contributed by atoms with E-state index < -0.39 is 23.5 Å². The second-order valence-electron chi connectivity index (χ2n) is 3.01. The number of aromatic nitrogens is 2. The van der Waals surface area contributed by atoms with Crippen molar-refractivity contribution in [2.24, 2.45) is 0 Å². The molecule has 0 radical (unpaired) electrons. The van der Waals surface area contributed by atoms with Crippen LogP contribution in [0.3, 0.4) is 0 Å². The molecule has 17 heavy (non-hydrogen) atoms. The lowest BCUT2D eigenvalue weighted by Crippen LogP contribution is -2.00. The number of carbonyl (C=O) groups is 1. The first-order valence-corrected chi connectivity index (χ1v) is 4.49. The van der Waals surface area contributed by atoms with Crippen LogP contribution in [0.4, 0.5) is 8.78 Å². The standard InChI is InChI=1S/C10H6F2N2O3/c1-16-10(15)9-14-13-8(17-9)5-3-2-4-6(11)7(5)12/h2-4H,1H3. The van der Waals surface area contributed by atoms with E-state index in [0.29, 0.717) is 0 Å². The Morgan fingerprint density at radius 2 is 2.12 bits per heavy atom. The molecule has 5 nitrogen and oxygen atoms in total. The Morgan fingerprint density at radius 1 is 1.35 bits per heavy atom. The van der Waals surface area contributed by atoms with Gasteiger partial charge < -0.3 is 9.15 Å². The SMILES string of the molecule is COC(=O)c1nnc(-c2cccc(F)c2F)o1. The summed E-state index contributed by atoms with van der Waals surface area (Å²) in [5.74, 6) is -3.72. The Bertz CT molecular complexity index is 568. The van der Waals surface area contributed by atoms with Crippen LogP contribution in [0, 0.1) is 11.6 Å². The summed E-state index contributed by atoms with van der Waals surface area (Å²) in [6, 6.07) is 3.50. The van der Waals surface area contributed by atoms with E-state index in [1.807, 2.05) is 0 Å². The number of ether oxygens (including phenoxy) is 1. The zero-order valence-corrected chi connectivity index (χ0v) is 8.61. The van der Waals surface area contributed by atoms with Crippen molar-refractivity contribution in [2.75, 3.05) is 7.11 Å². The number of nitrogens with zero attached hydrogens (tertiary/aromatic N) is 2. The molecule has 0 atom stereocenters. The first-order chi connectivity index (χ1) is 8.13. The predicted octanol–water partition coefficient (Wildman–Crippen LogP) is 1.80. The average Bonchev–Trinajstić information content (AvgIpc) is 2.81. The van der Waals surface area contributed by atoms with Gasteiger partial charge in [-0.2, -0.15) is 0 Å². The van der Waals surface area contributed by atoms with Gasteiger partial charge in [0.15, 0.2) is 11.6 Å². The van der Waals surface area contributed by atoms with Crippen LogP contribution in [0.25, 0.3) is 11.5 Å². The molecule has 0 bridgehead atoms. The Balaban J connectivity index is 2.44. The second-order valence-corrected chi connectivity index (χ2v) is 3.01. The van der Waals surface area contributed by atoms with Crippen molar-refractivity contribution >= 4 is 5.97 Å². The minimum absolute atomic E-state index is 0.215. The predicted molar refractivity (Wildman–Crippen MR) is 51.0 cm³/mol.